The minimum absolute atomic E-state index is 0.0892. The molecule has 0 heterocycles. The monoisotopic (exact) mass is 266 g/mol. The van der Waals surface area contributed by atoms with Crippen LogP contribution in [0.2, 0.25) is 0 Å². The molecule has 0 aliphatic carbocycles. The second-order valence-electron chi connectivity index (χ2n) is 4.06. The number of hydrogen-bond acceptors (Lipinski definition) is 5. The van der Waals surface area contributed by atoms with Crippen LogP contribution in [0.1, 0.15) is 24.2 Å². The van der Waals surface area contributed by atoms with Crippen LogP contribution in [0.4, 0.5) is 5.69 Å². The summed E-state index contributed by atoms with van der Waals surface area (Å²) in [5.74, 6) is -1.35. The van der Waals surface area contributed by atoms with Gasteiger partial charge in [0, 0.05) is 5.69 Å². The standard InChI is InChI=1S/C13H18N2O4/c1-3-18-10-6-4-5-9(14)11(10)13(17)19-7-8(2)12(15)16/h4-6,8H,3,7,14H2,1-2H3,(H2,15,16). The number of nitrogens with two attached hydrogens (primary N) is 2. The highest BCUT2D eigenvalue weighted by Crippen LogP contribution is 2.25. The van der Waals surface area contributed by atoms with Gasteiger partial charge in [-0.2, -0.15) is 0 Å². The molecule has 1 aromatic rings. The first kappa shape index (κ1) is 14.8. The predicted octanol–water partition coefficient (Wildman–Crippen LogP) is 0.946. The molecule has 0 spiro atoms. The first-order valence-electron chi connectivity index (χ1n) is 5.95. The second kappa shape index (κ2) is 6.63. The molecule has 1 amide bonds. The summed E-state index contributed by atoms with van der Waals surface area (Å²) in [6, 6.07) is 4.90. The lowest BCUT2D eigenvalue weighted by Gasteiger charge is -2.13. The number of esters is 1. The van der Waals surface area contributed by atoms with Gasteiger partial charge in [-0.1, -0.05) is 13.0 Å². The molecule has 0 bridgehead atoms. The lowest BCUT2D eigenvalue weighted by atomic mass is 10.1. The molecule has 6 heteroatoms. The van der Waals surface area contributed by atoms with E-state index in [-0.39, 0.29) is 17.9 Å². The van der Waals surface area contributed by atoms with E-state index < -0.39 is 17.8 Å². The Labute approximate surface area is 111 Å². The van der Waals surface area contributed by atoms with Gasteiger partial charge in [-0.15, -0.1) is 0 Å². The Hall–Kier alpha value is -2.24. The van der Waals surface area contributed by atoms with Gasteiger partial charge in [0.25, 0.3) is 0 Å². The first-order valence-corrected chi connectivity index (χ1v) is 5.95. The molecular formula is C13H18N2O4. The molecule has 0 saturated carbocycles. The number of rotatable bonds is 6. The Morgan fingerprint density at radius 2 is 2.05 bits per heavy atom. The van der Waals surface area contributed by atoms with Crippen molar-refractivity contribution in [3.8, 4) is 5.75 Å². The van der Waals surface area contributed by atoms with Crippen molar-refractivity contribution in [2.45, 2.75) is 13.8 Å². The van der Waals surface area contributed by atoms with Gasteiger partial charge in [-0.05, 0) is 19.1 Å². The van der Waals surface area contributed by atoms with E-state index in [0.717, 1.165) is 0 Å². The maximum Gasteiger partial charge on any atom is 0.344 e. The van der Waals surface area contributed by atoms with Gasteiger partial charge in [0.05, 0.1) is 12.5 Å². The van der Waals surface area contributed by atoms with E-state index in [0.29, 0.717) is 12.4 Å². The van der Waals surface area contributed by atoms with Gasteiger partial charge in [0.2, 0.25) is 5.91 Å². The Balaban J connectivity index is 2.84. The van der Waals surface area contributed by atoms with E-state index in [2.05, 4.69) is 0 Å². The molecule has 0 fully saturated rings. The highest BCUT2D eigenvalue weighted by atomic mass is 16.5. The van der Waals surface area contributed by atoms with Crippen LogP contribution in [0.5, 0.6) is 5.75 Å². The molecule has 1 aromatic carbocycles. The van der Waals surface area contributed by atoms with Crippen LogP contribution in [-0.4, -0.2) is 25.1 Å². The first-order chi connectivity index (χ1) is 8.97. The van der Waals surface area contributed by atoms with E-state index >= 15 is 0 Å². The fraction of sp³-hybridized carbons (Fsp3) is 0.385. The van der Waals surface area contributed by atoms with E-state index in [9.17, 15) is 9.59 Å². The van der Waals surface area contributed by atoms with Gasteiger partial charge in [0.15, 0.2) is 0 Å². The third-order valence-corrected chi connectivity index (χ3v) is 2.51. The summed E-state index contributed by atoms with van der Waals surface area (Å²) in [7, 11) is 0. The van der Waals surface area contributed by atoms with Gasteiger partial charge in [-0.25, -0.2) is 4.79 Å². The molecule has 0 radical (unpaired) electrons. The third kappa shape index (κ3) is 3.87. The van der Waals surface area contributed by atoms with Gasteiger partial charge in [0.1, 0.15) is 17.9 Å². The van der Waals surface area contributed by atoms with Crippen molar-refractivity contribution in [3.05, 3.63) is 23.8 Å². The van der Waals surface area contributed by atoms with Crippen LogP contribution in [-0.2, 0) is 9.53 Å². The molecule has 104 valence electrons. The average Bonchev–Trinajstić information content (AvgIpc) is 2.36. The third-order valence-electron chi connectivity index (χ3n) is 2.51. The number of hydrogen-bond donors (Lipinski definition) is 2. The molecule has 6 nitrogen and oxygen atoms in total. The molecule has 19 heavy (non-hydrogen) atoms. The van der Waals surface area contributed by atoms with Crippen molar-refractivity contribution in [2.24, 2.45) is 11.7 Å². The molecule has 1 atom stereocenters. The number of primary amides is 1. The van der Waals surface area contributed by atoms with Crippen LogP contribution in [0.15, 0.2) is 18.2 Å². The van der Waals surface area contributed by atoms with E-state index in [1.807, 2.05) is 0 Å². The van der Waals surface area contributed by atoms with Crippen LogP contribution in [0.3, 0.4) is 0 Å². The molecule has 0 aliphatic heterocycles. The van der Waals surface area contributed by atoms with Crippen molar-refractivity contribution in [1.29, 1.82) is 0 Å². The number of carbonyl (C=O) groups excluding carboxylic acids is 2. The van der Waals surface area contributed by atoms with Crippen molar-refractivity contribution in [1.82, 2.24) is 0 Å². The van der Waals surface area contributed by atoms with Crippen LogP contribution < -0.4 is 16.2 Å². The van der Waals surface area contributed by atoms with E-state index in [4.69, 9.17) is 20.9 Å². The molecule has 1 rings (SSSR count). The van der Waals surface area contributed by atoms with Crippen molar-refractivity contribution >= 4 is 17.6 Å². The fourth-order valence-corrected chi connectivity index (χ4v) is 1.40. The summed E-state index contributed by atoms with van der Waals surface area (Å²) in [6.45, 7) is 3.69. The number of benzene rings is 1. The summed E-state index contributed by atoms with van der Waals surface area (Å²) in [5, 5.41) is 0. The van der Waals surface area contributed by atoms with Gasteiger partial charge in [-0.3, -0.25) is 4.79 Å². The zero-order chi connectivity index (χ0) is 14.4. The maximum absolute atomic E-state index is 12.0. The van der Waals surface area contributed by atoms with Crippen molar-refractivity contribution < 1.29 is 19.1 Å². The summed E-state index contributed by atoms with van der Waals surface area (Å²) < 4.78 is 10.3. The highest BCUT2D eigenvalue weighted by Gasteiger charge is 2.19. The lowest BCUT2D eigenvalue weighted by molar-refractivity contribution is -0.122. The average molecular weight is 266 g/mol. The smallest absolute Gasteiger partial charge is 0.344 e. The minimum Gasteiger partial charge on any atom is -0.493 e. The normalized spacial score (nSPS) is 11.7. The largest absolute Gasteiger partial charge is 0.493 e. The summed E-state index contributed by atoms with van der Waals surface area (Å²) >= 11 is 0. The minimum atomic E-state index is -0.630. The Morgan fingerprint density at radius 1 is 1.37 bits per heavy atom. The van der Waals surface area contributed by atoms with Crippen molar-refractivity contribution in [3.63, 3.8) is 0 Å². The zero-order valence-corrected chi connectivity index (χ0v) is 11.0. The molecule has 1 unspecified atom stereocenters. The highest BCUT2D eigenvalue weighted by molar-refractivity contribution is 5.98. The molecule has 0 aliphatic rings. The quantitative estimate of drug-likeness (QED) is 0.589. The van der Waals surface area contributed by atoms with Crippen LogP contribution in [0.25, 0.3) is 0 Å². The SMILES string of the molecule is CCOc1cccc(N)c1C(=O)OCC(C)C(N)=O. The Bertz CT molecular complexity index is 474. The summed E-state index contributed by atoms with van der Waals surface area (Å²) in [4.78, 5) is 22.8. The van der Waals surface area contributed by atoms with Crippen LogP contribution >= 0.6 is 0 Å². The maximum atomic E-state index is 12.0. The number of ether oxygens (including phenoxy) is 2. The van der Waals surface area contributed by atoms with E-state index in [1.165, 1.54) is 0 Å². The molecule has 0 aromatic heterocycles. The summed E-state index contributed by atoms with van der Waals surface area (Å²) in [5.41, 5.74) is 11.3. The lowest BCUT2D eigenvalue weighted by Crippen LogP contribution is -2.26. The fourth-order valence-electron chi connectivity index (χ4n) is 1.40. The number of amides is 1. The Kier molecular flexibility index (Phi) is 5.17. The predicted molar refractivity (Wildman–Crippen MR) is 70.7 cm³/mol. The van der Waals surface area contributed by atoms with Gasteiger partial charge < -0.3 is 20.9 Å². The second-order valence-corrected chi connectivity index (χ2v) is 4.06. The Morgan fingerprint density at radius 3 is 2.63 bits per heavy atom. The number of anilines is 1. The number of carbonyl (C=O) groups is 2. The number of nitrogen functional groups attached to an aromatic ring is 1. The van der Waals surface area contributed by atoms with Crippen LogP contribution in [0, 0.1) is 5.92 Å². The van der Waals surface area contributed by atoms with E-state index in [1.54, 1.807) is 32.0 Å². The topological polar surface area (TPSA) is 105 Å². The van der Waals surface area contributed by atoms with Gasteiger partial charge >= 0.3 is 5.97 Å². The molecule has 0 saturated heterocycles. The molecular weight excluding hydrogens is 248 g/mol. The van der Waals surface area contributed by atoms with Crippen molar-refractivity contribution in [2.75, 3.05) is 18.9 Å². The zero-order valence-electron chi connectivity index (χ0n) is 11.0. The summed E-state index contributed by atoms with van der Waals surface area (Å²) in [6.07, 6.45) is 0. The molecule has 4 N–H and O–H groups in total.